The Morgan fingerprint density at radius 2 is 2.20 bits per heavy atom. The van der Waals surface area contributed by atoms with Crippen molar-refractivity contribution < 1.29 is 4.79 Å². The Morgan fingerprint density at radius 3 is 2.90 bits per heavy atom. The van der Waals surface area contributed by atoms with E-state index in [2.05, 4.69) is 24.1 Å². The van der Waals surface area contributed by atoms with Gasteiger partial charge in [-0.15, -0.1) is 0 Å². The highest BCUT2D eigenvalue weighted by atomic mass is 35.5. The molecule has 1 saturated carbocycles. The highest BCUT2D eigenvalue weighted by Crippen LogP contribution is 2.29. The first-order valence-corrected chi connectivity index (χ1v) is 7.54. The van der Waals surface area contributed by atoms with Crippen molar-refractivity contribution in [2.24, 2.45) is 11.8 Å². The first-order chi connectivity index (χ1) is 9.56. The van der Waals surface area contributed by atoms with Gasteiger partial charge < -0.3 is 5.32 Å². The van der Waals surface area contributed by atoms with Gasteiger partial charge in [0, 0.05) is 18.3 Å². The van der Waals surface area contributed by atoms with Gasteiger partial charge in [-0.25, -0.2) is 4.98 Å². The molecule has 2 rings (SSSR count). The summed E-state index contributed by atoms with van der Waals surface area (Å²) in [6.45, 7) is 4.49. The molecule has 1 fully saturated rings. The minimum Gasteiger partial charge on any atom is -0.350 e. The standard InChI is InChI=1S/C16H21ClN2O/c1-11-4-3-5-14(12(11)2)19-16(20)9-7-13-6-8-15(17)18-10-13/h6-12,14H,3-5H2,1-2H3,(H,19,20)/b9-7+. The van der Waals surface area contributed by atoms with E-state index in [0.717, 1.165) is 12.0 Å². The quantitative estimate of drug-likeness (QED) is 0.682. The lowest BCUT2D eigenvalue weighted by Gasteiger charge is -2.34. The minimum atomic E-state index is -0.0362. The van der Waals surface area contributed by atoms with Crippen molar-refractivity contribution in [1.82, 2.24) is 10.3 Å². The number of carbonyl (C=O) groups excluding carboxylic acids is 1. The van der Waals surface area contributed by atoms with Gasteiger partial charge in [0.15, 0.2) is 0 Å². The molecule has 0 radical (unpaired) electrons. The lowest BCUT2D eigenvalue weighted by Crippen LogP contribution is -2.43. The number of amides is 1. The maximum Gasteiger partial charge on any atom is 0.244 e. The summed E-state index contributed by atoms with van der Waals surface area (Å²) < 4.78 is 0. The van der Waals surface area contributed by atoms with Crippen molar-refractivity contribution in [3.8, 4) is 0 Å². The monoisotopic (exact) mass is 292 g/mol. The molecular formula is C16H21ClN2O. The number of halogens is 1. The largest absolute Gasteiger partial charge is 0.350 e. The van der Waals surface area contributed by atoms with E-state index in [1.807, 2.05) is 6.07 Å². The molecule has 1 amide bonds. The summed E-state index contributed by atoms with van der Waals surface area (Å²) in [5.41, 5.74) is 0.870. The van der Waals surface area contributed by atoms with E-state index in [4.69, 9.17) is 11.6 Å². The molecule has 1 aliphatic rings. The fourth-order valence-corrected chi connectivity index (χ4v) is 2.79. The van der Waals surface area contributed by atoms with E-state index in [9.17, 15) is 4.79 Å². The lowest BCUT2D eigenvalue weighted by molar-refractivity contribution is -0.117. The average Bonchev–Trinajstić information content (AvgIpc) is 2.43. The van der Waals surface area contributed by atoms with E-state index < -0.39 is 0 Å². The predicted molar refractivity (Wildman–Crippen MR) is 82.4 cm³/mol. The summed E-state index contributed by atoms with van der Waals surface area (Å²) in [5.74, 6) is 1.18. The van der Waals surface area contributed by atoms with Crippen LogP contribution in [0.4, 0.5) is 0 Å². The van der Waals surface area contributed by atoms with Crippen molar-refractivity contribution in [3.63, 3.8) is 0 Å². The van der Waals surface area contributed by atoms with Gasteiger partial charge in [-0.1, -0.05) is 44.4 Å². The third-order valence-electron chi connectivity index (χ3n) is 4.21. The summed E-state index contributed by atoms with van der Waals surface area (Å²) in [5, 5.41) is 3.56. The maximum absolute atomic E-state index is 12.0. The first kappa shape index (κ1) is 15.0. The molecule has 20 heavy (non-hydrogen) atoms. The number of aromatic nitrogens is 1. The summed E-state index contributed by atoms with van der Waals surface area (Å²) in [7, 11) is 0. The smallest absolute Gasteiger partial charge is 0.244 e. The van der Waals surface area contributed by atoms with Crippen molar-refractivity contribution in [2.45, 2.75) is 39.2 Å². The molecule has 1 aliphatic carbocycles. The van der Waals surface area contributed by atoms with Crippen LogP contribution in [0.15, 0.2) is 24.4 Å². The molecule has 108 valence electrons. The third kappa shape index (κ3) is 4.07. The van der Waals surface area contributed by atoms with Crippen LogP contribution < -0.4 is 5.32 Å². The fourth-order valence-electron chi connectivity index (χ4n) is 2.67. The molecule has 0 saturated heterocycles. The number of hydrogen-bond acceptors (Lipinski definition) is 2. The zero-order valence-electron chi connectivity index (χ0n) is 12.0. The van der Waals surface area contributed by atoms with E-state index in [1.54, 1.807) is 24.4 Å². The fraction of sp³-hybridized carbons (Fsp3) is 0.500. The van der Waals surface area contributed by atoms with Crippen LogP contribution >= 0.6 is 11.6 Å². The topological polar surface area (TPSA) is 42.0 Å². The SMILES string of the molecule is CC1CCCC(NC(=O)/C=C/c2ccc(Cl)nc2)C1C. The molecule has 3 unspecified atom stereocenters. The van der Waals surface area contributed by atoms with Gasteiger partial charge >= 0.3 is 0 Å². The zero-order valence-corrected chi connectivity index (χ0v) is 12.7. The van der Waals surface area contributed by atoms with Crippen LogP contribution in [0.2, 0.25) is 5.15 Å². The number of nitrogens with zero attached hydrogens (tertiary/aromatic N) is 1. The average molecular weight is 293 g/mol. The molecule has 3 nitrogen and oxygen atoms in total. The van der Waals surface area contributed by atoms with Crippen LogP contribution in [-0.4, -0.2) is 16.9 Å². The van der Waals surface area contributed by atoms with E-state index in [-0.39, 0.29) is 5.91 Å². The summed E-state index contributed by atoms with van der Waals surface area (Å²) in [6.07, 6.45) is 8.51. The molecule has 0 aromatic carbocycles. The lowest BCUT2D eigenvalue weighted by atomic mass is 9.78. The molecule has 0 bridgehead atoms. The van der Waals surface area contributed by atoms with Gasteiger partial charge in [0.2, 0.25) is 5.91 Å². The molecule has 3 atom stereocenters. The molecule has 0 spiro atoms. The number of nitrogens with one attached hydrogen (secondary N) is 1. The molecule has 1 heterocycles. The Kier molecular flexibility index (Phi) is 5.18. The van der Waals surface area contributed by atoms with Crippen molar-refractivity contribution >= 4 is 23.6 Å². The molecule has 1 aromatic heterocycles. The molecule has 1 N–H and O–H groups in total. The number of pyridine rings is 1. The number of carbonyl (C=O) groups is 1. The molecule has 0 aliphatic heterocycles. The third-order valence-corrected chi connectivity index (χ3v) is 4.44. The second-order valence-electron chi connectivity index (χ2n) is 5.63. The molecule has 1 aromatic rings. The van der Waals surface area contributed by atoms with Crippen molar-refractivity contribution in [3.05, 3.63) is 35.1 Å². The van der Waals surface area contributed by atoms with Crippen LogP contribution in [0.5, 0.6) is 0 Å². The zero-order chi connectivity index (χ0) is 14.5. The van der Waals surface area contributed by atoms with Crippen LogP contribution in [0.3, 0.4) is 0 Å². The Bertz CT molecular complexity index is 484. The van der Waals surface area contributed by atoms with Gasteiger partial charge in [0.25, 0.3) is 0 Å². The maximum atomic E-state index is 12.0. The van der Waals surface area contributed by atoms with Crippen LogP contribution in [0.25, 0.3) is 6.08 Å². The van der Waals surface area contributed by atoms with Gasteiger partial charge in [-0.05, 0) is 36.0 Å². The Balaban J connectivity index is 1.90. The summed E-state index contributed by atoms with van der Waals surface area (Å²) >= 11 is 5.72. The van der Waals surface area contributed by atoms with Gasteiger partial charge in [-0.2, -0.15) is 0 Å². The highest BCUT2D eigenvalue weighted by molar-refractivity contribution is 6.29. The van der Waals surface area contributed by atoms with E-state index in [0.29, 0.717) is 23.0 Å². The second-order valence-corrected chi connectivity index (χ2v) is 6.02. The summed E-state index contributed by atoms with van der Waals surface area (Å²) in [4.78, 5) is 15.9. The van der Waals surface area contributed by atoms with Gasteiger partial charge in [0.1, 0.15) is 5.15 Å². The molecular weight excluding hydrogens is 272 g/mol. The Labute approximate surface area is 125 Å². The highest BCUT2D eigenvalue weighted by Gasteiger charge is 2.27. The summed E-state index contributed by atoms with van der Waals surface area (Å²) in [6, 6.07) is 3.84. The van der Waals surface area contributed by atoms with Crippen LogP contribution in [0.1, 0.15) is 38.7 Å². The predicted octanol–water partition coefficient (Wildman–Crippen LogP) is 3.69. The van der Waals surface area contributed by atoms with E-state index >= 15 is 0 Å². The van der Waals surface area contributed by atoms with Crippen molar-refractivity contribution in [2.75, 3.05) is 0 Å². The first-order valence-electron chi connectivity index (χ1n) is 7.16. The Morgan fingerprint density at radius 1 is 1.40 bits per heavy atom. The van der Waals surface area contributed by atoms with Gasteiger partial charge in [-0.3, -0.25) is 4.79 Å². The number of rotatable bonds is 3. The van der Waals surface area contributed by atoms with Crippen LogP contribution in [-0.2, 0) is 4.79 Å². The minimum absolute atomic E-state index is 0.0362. The van der Waals surface area contributed by atoms with Crippen LogP contribution in [0, 0.1) is 11.8 Å². The van der Waals surface area contributed by atoms with E-state index in [1.165, 1.54) is 12.8 Å². The Hall–Kier alpha value is -1.35. The normalized spacial score (nSPS) is 26.6. The number of hydrogen-bond donors (Lipinski definition) is 1. The second kappa shape index (κ2) is 6.89. The van der Waals surface area contributed by atoms with Crippen molar-refractivity contribution in [1.29, 1.82) is 0 Å². The van der Waals surface area contributed by atoms with Gasteiger partial charge in [0.05, 0.1) is 0 Å². The molecule has 4 heteroatoms.